The highest BCUT2D eigenvalue weighted by molar-refractivity contribution is 7.11. The maximum absolute atomic E-state index is 12.8. The van der Waals surface area contributed by atoms with E-state index < -0.39 is 0 Å². The SMILES string of the molecule is O=C(c1ccc(Oc2cccc(Cl)c2)cc1)N1CC(N2CCN(C(=O)c3nccs3)CC2)C1. The van der Waals surface area contributed by atoms with Crippen molar-refractivity contribution >= 4 is 34.8 Å². The molecule has 2 fully saturated rings. The van der Waals surface area contributed by atoms with Gasteiger partial charge in [-0.1, -0.05) is 17.7 Å². The van der Waals surface area contributed by atoms with Crippen LogP contribution in [-0.4, -0.2) is 76.8 Å². The number of carbonyl (C=O) groups is 2. The first-order valence-electron chi connectivity index (χ1n) is 10.8. The van der Waals surface area contributed by atoms with Crippen molar-refractivity contribution in [1.82, 2.24) is 19.7 Å². The number of thiazole rings is 1. The Bertz CT molecular complexity index is 1120. The van der Waals surface area contributed by atoms with E-state index >= 15 is 0 Å². The molecule has 0 atom stereocenters. The normalized spacial score (nSPS) is 17.0. The van der Waals surface area contributed by atoms with Crippen LogP contribution >= 0.6 is 22.9 Å². The van der Waals surface area contributed by atoms with Crippen molar-refractivity contribution in [2.24, 2.45) is 0 Å². The average molecular weight is 483 g/mol. The Labute approximate surface area is 201 Å². The molecule has 3 heterocycles. The zero-order valence-electron chi connectivity index (χ0n) is 17.9. The number of halogens is 1. The van der Waals surface area contributed by atoms with Crippen molar-refractivity contribution in [3.63, 3.8) is 0 Å². The molecule has 2 aliphatic rings. The summed E-state index contributed by atoms with van der Waals surface area (Å²) >= 11 is 7.37. The van der Waals surface area contributed by atoms with Gasteiger partial charge in [0.25, 0.3) is 11.8 Å². The van der Waals surface area contributed by atoms with E-state index in [2.05, 4.69) is 9.88 Å². The van der Waals surface area contributed by atoms with Crippen molar-refractivity contribution in [3.05, 3.63) is 75.7 Å². The lowest BCUT2D eigenvalue weighted by atomic mass is 10.0. The summed E-state index contributed by atoms with van der Waals surface area (Å²) in [6.45, 7) is 4.44. The second kappa shape index (κ2) is 9.51. The van der Waals surface area contributed by atoms with Gasteiger partial charge in [-0.05, 0) is 42.5 Å². The molecule has 0 unspecified atom stereocenters. The number of hydrogen-bond acceptors (Lipinski definition) is 6. The van der Waals surface area contributed by atoms with Gasteiger partial charge in [-0.2, -0.15) is 0 Å². The maximum Gasteiger partial charge on any atom is 0.282 e. The summed E-state index contributed by atoms with van der Waals surface area (Å²) < 4.78 is 5.79. The van der Waals surface area contributed by atoms with E-state index in [-0.39, 0.29) is 11.8 Å². The molecular weight excluding hydrogens is 460 g/mol. The number of aromatic nitrogens is 1. The third-order valence-electron chi connectivity index (χ3n) is 6.02. The van der Waals surface area contributed by atoms with Gasteiger partial charge in [0, 0.05) is 67.5 Å². The number of likely N-dealkylation sites (tertiary alicyclic amines) is 1. The predicted molar refractivity (Wildman–Crippen MR) is 127 cm³/mol. The van der Waals surface area contributed by atoms with E-state index in [4.69, 9.17) is 16.3 Å². The van der Waals surface area contributed by atoms with Gasteiger partial charge in [-0.25, -0.2) is 4.98 Å². The van der Waals surface area contributed by atoms with Gasteiger partial charge < -0.3 is 14.5 Å². The Morgan fingerprint density at radius 2 is 1.70 bits per heavy atom. The van der Waals surface area contributed by atoms with Crippen molar-refractivity contribution in [3.8, 4) is 11.5 Å². The number of benzene rings is 2. The van der Waals surface area contributed by atoms with Crippen LogP contribution in [0, 0.1) is 0 Å². The zero-order chi connectivity index (χ0) is 22.8. The smallest absolute Gasteiger partial charge is 0.282 e. The summed E-state index contributed by atoms with van der Waals surface area (Å²) in [5, 5.41) is 2.98. The molecule has 5 rings (SSSR count). The Morgan fingerprint density at radius 3 is 2.36 bits per heavy atom. The average Bonchev–Trinajstić information content (AvgIpc) is 3.34. The van der Waals surface area contributed by atoms with Crippen LogP contribution in [0.1, 0.15) is 20.2 Å². The van der Waals surface area contributed by atoms with Crippen molar-refractivity contribution in [1.29, 1.82) is 0 Å². The van der Waals surface area contributed by atoms with Gasteiger partial charge in [0.2, 0.25) is 0 Å². The van der Waals surface area contributed by atoms with Gasteiger partial charge in [0.15, 0.2) is 5.01 Å². The van der Waals surface area contributed by atoms with Crippen molar-refractivity contribution in [2.45, 2.75) is 6.04 Å². The molecule has 9 heteroatoms. The van der Waals surface area contributed by atoms with Crippen LogP contribution in [0.5, 0.6) is 11.5 Å². The van der Waals surface area contributed by atoms with E-state index in [1.165, 1.54) is 11.3 Å². The Kier molecular flexibility index (Phi) is 6.30. The summed E-state index contributed by atoms with van der Waals surface area (Å²) in [5.41, 5.74) is 0.644. The molecule has 0 spiro atoms. The second-order valence-electron chi connectivity index (χ2n) is 8.11. The topological polar surface area (TPSA) is 66.0 Å². The van der Waals surface area contributed by atoms with Crippen LogP contribution in [0.4, 0.5) is 0 Å². The third kappa shape index (κ3) is 4.88. The minimum absolute atomic E-state index is 0.0119. The lowest BCUT2D eigenvalue weighted by Crippen LogP contribution is -2.64. The fraction of sp³-hybridized carbons (Fsp3) is 0.292. The summed E-state index contributed by atoms with van der Waals surface area (Å²) in [7, 11) is 0. The minimum Gasteiger partial charge on any atom is -0.457 e. The molecule has 2 saturated heterocycles. The van der Waals surface area contributed by atoms with E-state index in [1.54, 1.807) is 42.6 Å². The molecule has 2 aromatic carbocycles. The number of carbonyl (C=O) groups excluding carboxylic acids is 2. The number of rotatable bonds is 5. The molecule has 0 saturated carbocycles. The first-order valence-corrected chi connectivity index (χ1v) is 12.1. The first-order chi connectivity index (χ1) is 16.1. The van der Waals surface area contributed by atoms with Gasteiger partial charge in [0.1, 0.15) is 11.5 Å². The van der Waals surface area contributed by atoms with Crippen LogP contribution in [0.3, 0.4) is 0 Å². The third-order valence-corrected chi connectivity index (χ3v) is 7.01. The van der Waals surface area contributed by atoms with Gasteiger partial charge in [-0.15, -0.1) is 11.3 Å². The molecule has 33 heavy (non-hydrogen) atoms. The molecule has 2 aliphatic heterocycles. The van der Waals surface area contributed by atoms with Crippen molar-refractivity contribution < 1.29 is 14.3 Å². The number of piperazine rings is 1. The summed E-state index contributed by atoms with van der Waals surface area (Å²) in [4.78, 5) is 35.5. The molecule has 1 aromatic heterocycles. The largest absolute Gasteiger partial charge is 0.457 e. The molecule has 0 aliphatic carbocycles. The minimum atomic E-state index is 0.0119. The highest BCUT2D eigenvalue weighted by atomic mass is 35.5. The number of nitrogens with zero attached hydrogens (tertiary/aromatic N) is 4. The molecule has 0 N–H and O–H groups in total. The Morgan fingerprint density at radius 1 is 0.939 bits per heavy atom. The maximum atomic E-state index is 12.8. The Balaban J connectivity index is 1.10. The number of hydrogen-bond donors (Lipinski definition) is 0. The van der Waals surface area contributed by atoms with Crippen LogP contribution < -0.4 is 4.74 Å². The number of ether oxygens (including phenoxy) is 1. The van der Waals surface area contributed by atoms with E-state index in [1.807, 2.05) is 27.3 Å². The van der Waals surface area contributed by atoms with Crippen LogP contribution in [0.25, 0.3) is 0 Å². The van der Waals surface area contributed by atoms with E-state index in [0.717, 1.165) is 13.1 Å². The monoisotopic (exact) mass is 482 g/mol. The van der Waals surface area contributed by atoms with Crippen molar-refractivity contribution in [2.75, 3.05) is 39.3 Å². The summed E-state index contributed by atoms with van der Waals surface area (Å²) in [5.74, 6) is 1.34. The fourth-order valence-electron chi connectivity index (χ4n) is 4.12. The lowest BCUT2D eigenvalue weighted by molar-refractivity contribution is 0.00853. The quantitative estimate of drug-likeness (QED) is 0.552. The van der Waals surface area contributed by atoms with Gasteiger partial charge in [0.05, 0.1) is 0 Å². The fourth-order valence-corrected chi connectivity index (χ4v) is 4.90. The molecule has 7 nitrogen and oxygen atoms in total. The van der Waals surface area contributed by atoms with E-state index in [0.29, 0.717) is 59.3 Å². The van der Waals surface area contributed by atoms with Crippen LogP contribution in [0.2, 0.25) is 5.02 Å². The van der Waals surface area contributed by atoms with E-state index in [9.17, 15) is 9.59 Å². The van der Waals surface area contributed by atoms with Gasteiger partial charge in [-0.3, -0.25) is 14.5 Å². The molecule has 170 valence electrons. The molecule has 2 amide bonds. The van der Waals surface area contributed by atoms with Crippen LogP contribution in [-0.2, 0) is 0 Å². The zero-order valence-corrected chi connectivity index (χ0v) is 19.5. The highest BCUT2D eigenvalue weighted by Gasteiger charge is 2.37. The first kappa shape index (κ1) is 21.9. The molecule has 0 radical (unpaired) electrons. The number of amides is 2. The lowest BCUT2D eigenvalue weighted by Gasteiger charge is -2.48. The Hall–Kier alpha value is -2.94. The summed E-state index contributed by atoms with van der Waals surface area (Å²) in [6.07, 6.45) is 1.66. The molecule has 0 bridgehead atoms. The molecular formula is C24H23ClN4O3S. The van der Waals surface area contributed by atoms with Gasteiger partial charge >= 0.3 is 0 Å². The standard InChI is InChI=1S/C24H23ClN4O3S/c25-18-2-1-3-21(14-18)32-20-6-4-17(5-7-20)23(30)29-15-19(16-29)27-9-11-28(12-10-27)24(31)22-26-8-13-33-22/h1-8,13-14,19H,9-12,15-16H2. The predicted octanol–water partition coefficient (Wildman–Crippen LogP) is 3.87. The highest BCUT2D eigenvalue weighted by Crippen LogP contribution is 2.26. The summed E-state index contributed by atoms with van der Waals surface area (Å²) in [6, 6.07) is 14.7. The van der Waals surface area contributed by atoms with Crippen LogP contribution in [0.15, 0.2) is 60.1 Å². The second-order valence-corrected chi connectivity index (χ2v) is 9.44. The molecule has 3 aromatic rings.